The fourth-order valence-corrected chi connectivity index (χ4v) is 3.79. The van der Waals surface area contributed by atoms with Crippen LogP contribution < -0.4 is 9.64 Å². The van der Waals surface area contributed by atoms with Crippen molar-refractivity contribution in [3.8, 4) is 17.1 Å². The molecule has 0 aliphatic carbocycles. The van der Waals surface area contributed by atoms with Crippen LogP contribution >= 0.6 is 0 Å². The molecule has 0 amide bonds. The fourth-order valence-electron chi connectivity index (χ4n) is 3.79. The van der Waals surface area contributed by atoms with Crippen LogP contribution in [0.15, 0.2) is 42.9 Å². The van der Waals surface area contributed by atoms with Gasteiger partial charge in [0.15, 0.2) is 0 Å². The van der Waals surface area contributed by atoms with Crippen LogP contribution in [0, 0.1) is 6.92 Å². The summed E-state index contributed by atoms with van der Waals surface area (Å²) in [5.74, 6) is 1.07. The number of aryl methyl sites for hydroxylation is 1. The van der Waals surface area contributed by atoms with Gasteiger partial charge < -0.3 is 19.7 Å². The van der Waals surface area contributed by atoms with Gasteiger partial charge in [-0.2, -0.15) is 4.98 Å². The molecule has 32 heavy (non-hydrogen) atoms. The number of hydrogen-bond acceptors (Lipinski definition) is 7. The van der Waals surface area contributed by atoms with Crippen LogP contribution in [0.3, 0.4) is 0 Å². The van der Waals surface area contributed by atoms with Gasteiger partial charge in [-0.3, -0.25) is 4.98 Å². The molecule has 0 saturated carbocycles. The maximum absolute atomic E-state index is 9.13. The Morgan fingerprint density at radius 3 is 2.75 bits per heavy atom. The van der Waals surface area contributed by atoms with Gasteiger partial charge in [0.2, 0.25) is 11.8 Å². The van der Waals surface area contributed by atoms with E-state index in [1.165, 1.54) is 5.56 Å². The molecule has 0 aromatic carbocycles. The summed E-state index contributed by atoms with van der Waals surface area (Å²) in [7, 11) is 1.60. The predicted octanol–water partition coefficient (Wildman–Crippen LogP) is 3.53. The summed E-state index contributed by atoms with van der Waals surface area (Å²) in [6, 6.07) is 8.11. The molecule has 4 aromatic rings. The van der Waals surface area contributed by atoms with Gasteiger partial charge in [-0.25, -0.2) is 9.97 Å². The van der Waals surface area contributed by atoms with E-state index in [9.17, 15) is 0 Å². The van der Waals surface area contributed by atoms with E-state index in [1.807, 2.05) is 37.1 Å². The third-order valence-corrected chi connectivity index (χ3v) is 5.57. The maximum Gasteiger partial charge on any atom is 0.228 e. The first-order valence-corrected chi connectivity index (χ1v) is 10.8. The van der Waals surface area contributed by atoms with Crippen LogP contribution in [0.1, 0.15) is 30.2 Å². The van der Waals surface area contributed by atoms with E-state index >= 15 is 0 Å². The average molecular weight is 433 g/mol. The van der Waals surface area contributed by atoms with E-state index in [-0.39, 0.29) is 6.61 Å². The number of fused-ring (bicyclic) bond motifs is 1. The number of nitrogens with zero attached hydrogens (tertiary/aromatic N) is 5. The van der Waals surface area contributed by atoms with Gasteiger partial charge >= 0.3 is 0 Å². The lowest BCUT2D eigenvalue weighted by molar-refractivity contribution is 0.289. The van der Waals surface area contributed by atoms with Crippen LogP contribution in [0.4, 0.5) is 5.95 Å². The second-order valence-corrected chi connectivity index (χ2v) is 7.58. The minimum absolute atomic E-state index is 0.135. The zero-order valence-corrected chi connectivity index (χ0v) is 18.7. The zero-order chi connectivity index (χ0) is 22.5. The Bertz CT molecular complexity index is 1210. The number of aromatic nitrogens is 5. The molecular formula is C24H28N6O2. The first kappa shape index (κ1) is 21.7. The molecule has 8 heteroatoms. The molecule has 0 unspecified atom stereocenters. The summed E-state index contributed by atoms with van der Waals surface area (Å²) in [5, 5.41) is 10.3. The molecule has 0 aliphatic heterocycles. The van der Waals surface area contributed by atoms with E-state index < -0.39 is 0 Å². The van der Waals surface area contributed by atoms with Gasteiger partial charge in [-0.1, -0.05) is 6.07 Å². The molecule has 2 N–H and O–H groups in total. The largest absolute Gasteiger partial charge is 0.480 e. The van der Waals surface area contributed by atoms with Gasteiger partial charge in [0.25, 0.3) is 0 Å². The molecule has 4 aromatic heterocycles. The molecule has 0 atom stereocenters. The second-order valence-electron chi connectivity index (χ2n) is 7.58. The van der Waals surface area contributed by atoms with Crippen LogP contribution in [0.25, 0.3) is 22.3 Å². The molecule has 4 rings (SSSR count). The van der Waals surface area contributed by atoms with Gasteiger partial charge in [-0.15, -0.1) is 0 Å². The van der Waals surface area contributed by atoms with E-state index in [4.69, 9.17) is 14.8 Å². The lowest BCUT2D eigenvalue weighted by Gasteiger charge is -2.21. The second kappa shape index (κ2) is 9.74. The van der Waals surface area contributed by atoms with Crippen LogP contribution in [-0.2, 0) is 6.42 Å². The number of aliphatic hydroxyl groups is 1. The third kappa shape index (κ3) is 4.40. The van der Waals surface area contributed by atoms with Crippen molar-refractivity contribution in [1.29, 1.82) is 0 Å². The topological polar surface area (TPSA) is 100 Å². The SMILES string of the molecule is CCN(CCCO)c1ncc(-c2ccc(Cc3c[nH]c4ncccc34)c(C)n2)c(OC)n1. The van der Waals surface area contributed by atoms with E-state index in [2.05, 4.69) is 32.1 Å². The van der Waals surface area contributed by atoms with Crippen molar-refractivity contribution in [2.24, 2.45) is 0 Å². The molecule has 0 fully saturated rings. The molecule has 4 heterocycles. The summed E-state index contributed by atoms with van der Waals surface area (Å²) in [4.78, 5) is 23.6. The van der Waals surface area contributed by atoms with Gasteiger partial charge in [0.05, 0.1) is 18.4 Å². The number of anilines is 1. The summed E-state index contributed by atoms with van der Waals surface area (Å²) in [5.41, 5.74) is 5.71. The van der Waals surface area contributed by atoms with Crippen LogP contribution in [-0.4, -0.2) is 56.8 Å². The Balaban J connectivity index is 1.60. The summed E-state index contributed by atoms with van der Waals surface area (Å²) in [6.07, 6.45) is 6.99. The summed E-state index contributed by atoms with van der Waals surface area (Å²) in [6.45, 7) is 5.62. The highest BCUT2D eigenvalue weighted by molar-refractivity contribution is 5.80. The number of aromatic amines is 1. The standard InChI is InChI=1S/C24H28N6O2/c1-4-30(11-6-12-31)24-27-15-20(23(29-24)32-3)21-9-8-17(16(2)28-21)13-18-14-26-22-19(18)7-5-10-25-22/h5,7-10,14-15,31H,4,6,11-13H2,1-3H3,(H,25,26). The van der Waals surface area contributed by atoms with Crippen molar-refractivity contribution in [2.45, 2.75) is 26.7 Å². The van der Waals surface area contributed by atoms with Gasteiger partial charge in [0, 0.05) is 55.8 Å². The number of H-pyrrole nitrogens is 1. The number of methoxy groups -OCH3 is 1. The minimum Gasteiger partial charge on any atom is -0.480 e. The lowest BCUT2D eigenvalue weighted by Crippen LogP contribution is -2.26. The Labute approximate surface area is 187 Å². The molecule has 0 saturated heterocycles. The Morgan fingerprint density at radius 2 is 2.00 bits per heavy atom. The average Bonchev–Trinajstić information content (AvgIpc) is 3.23. The van der Waals surface area contributed by atoms with Crippen molar-refractivity contribution in [3.63, 3.8) is 0 Å². The van der Waals surface area contributed by atoms with Crippen molar-refractivity contribution in [3.05, 3.63) is 59.7 Å². The lowest BCUT2D eigenvalue weighted by atomic mass is 10.0. The normalized spacial score (nSPS) is 11.1. The van der Waals surface area contributed by atoms with Crippen molar-refractivity contribution >= 4 is 17.0 Å². The van der Waals surface area contributed by atoms with Crippen molar-refractivity contribution < 1.29 is 9.84 Å². The highest BCUT2D eigenvalue weighted by Crippen LogP contribution is 2.29. The highest BCUT2D eigenvalue weighted by Gasteiger charge is 2.16. The highest BCUT2D eigenvalue weighted by atomic mass is 16.5. The summed E-state index contributed by atoms with van der Waals surface area (Å²) >= 11 is 0. The molecule has 166 valence electrons. The third-order valence-electron chi connectivity index (χ3n) is 5.57. The number of rotatable bonds is 9. The van der Waals surface area contributed by atoms with E-state index in [1.54, 1.807) is 19.5 Å². The molecular weight excluding hydrogens is 404 g/mol. The number of nitrogens with one attached hydrogen (secondary N) is 1. The Hall–Kier alpha value is -3.52. The van der Waals surface area contributed by atoms with Gasteiger partial charge in [-0.05, 0) is 49.6 Å². The van der Waals surface area contributed by atoms with Crippen LogP contribution in [0.5, 0.6) is 5.88 Å². The first-order chi connectivity index (χ1) is 15.6. The molecule has 0 spiro atoms. The van der Waals surface area contributed by atoms with E-state index in [0.717, 1.165) is 46.5 Å². The zero-order valence-electron chi connectivity index (χ0n) is 18.7. The molecule has 0 bridgehead atoms. The van der Waals surface area contributed by atoms with Crippen molar-refractivity contribution in [2.75, 3.05) is 31.7 Å². The Kier molecular flexibility index (Phi) is 6.61. The number of ether oxygens (including phenoxy) is 1. The summed E-state index contributed by atoms with van der Waals surface area (Å²) < 4.78 is 5.56. The minimum atomic E-state index is 0.135. The number of hydrogen-bond donors (Lipinski definition) is 2. The fraction of sp³-hybridized carbons (Fsp3) is 0.333. The first-order valence-electron chi connectivity index (χ1n) is 10.8. The quantitative estimate of drug-likeness (QED) is 0.417. The number of aliphatic hydroxyl groups excluding tert-OH is 1. The number of pyridine rings is 2. The Morgan fingerprint density at radius 1 is 1.12 bits per heavy atom. The maximum atomic E-state index is 9.13. The molecule has 0 aliphatic rings. The van der Waals surface area contributed by atoms with Crippen LogP contribution in [0.2, 0.25) is 0 Å². The molecule has 0 radical (unpaired) electrons. The smallest absolute Gasteiger partial charge is 0.228 e. The monoisotopic (exact) mass is 432 g/mol. The molecule has 8 nitrogen and oxygen atoms in total. The van der Waals surface area contributed by atoms with Crippen molar-refractivity contribution in [1.82, 2.24) is 24.9 Å². The predicted molar refractivity (Wildman–Crippen MR) is 125 cm³/mol. The van der Waals surface area contributed by atoms with Gasteiger partial charge in [0.1, 0.15) is 5.65 Å². The van der Waals surface area contributed by atoms with E-state index in [0.29, 0.717) is 24.8 Å².